The molecule has 4 rings (SSSR count). The average molecular weight is 330 g/mol. The maximum Gasteiger partial charge on any atom is 0.278 e. The second kappa shape index (κ2) is 6.36. The van der Waals surface area contributed by atoms with Crippen molar-refractivity contribution in [3.05, 3.63) is 77.5 Å². The van der Waals surface area contributed by atoms with Gasteiger partial charge in [0.15, 0.2) is 11.5 Å². The SMILES string of the molecule is Cc1ccc(Nc2ccc(C(=O)N3CCc4ccccc43)nn2)cc1. The van der Waals surface area contributed by atoms with Gasteiger partial charge >= 0.3 is 0 Å². The summed E-state index contributed by atoms with van der Waals surface area (Å²) < 4.78 is 0. The van der Waals surface area contributed by atoms with Gasteiger partial charge in [-0.1, -0.05) is 35.9 Å². The quantitative estimate of drug-likeness (QED) is 0.795. The minimum absolute atomic E-state index is 0.112. The molecule has 0 fully saturated rings. The molecular weight excluding hydrogens is 312 g/mol. The summed E-state index contributed by atoms with van der Waals surface area (Å²) in [5.74, 6) is 0.501. The largest absolute Gasteiger partial charge is 0.339 e. The molecule has 1 aromatic heterocycles. The highest BCUT2D eigenvalue weighted by atomic mass is 16.2. The van der Waals surface area contributed by atoms with Crippen molar-refractivity contribution in [3.8, 4) is 0 Å². The molecule has 0 saturated heterocycles. The molecule has 0 aliphatic carbocycles. The van der Waals surface area contributed by atoms with Gasteiger partial charge in [-0.15, -0.1) is 10.2 Å². The van der Waals surface area contributed by atoms with Crippen molar-refractivity contribution in [1.29, 1.82) is 0 Å². The number of carbonyl (C=O) groups is 1. The van der Waals surface area contributed by atoms with Crippen LogP contribution < -0.4 is 10.2 Å². The Labute approximate surface area is 146 Å². The Bertz CT molecular complexity index is 904. The first-order chi connectivity index (χ1) is 12.2. The molecular formula is C20H18N4O. The Morgan fingerprint density at radius 2 is 1.80 bits per heavy atom. The number of rotatable bonds is 3. The topological polar surface area (TPSA) is 58.1 Å². The molecule has 1 aliphatic heterocycles. The van der Waals surface area contributed by atoms with E-state index in [9.17, 15) is 4.79 Å². The van der Waals surface area contributed by atoms with Crippen molar-refractivity contribution in [2.75, 3.05) is 16.8 Å². The number of benzene rings is 2. The summed E-state index contributed by atoms with van der Waals surface area (Å²) in [5.41, 5.74) is 4.65. The molecule has 1 amide bonds. The van der Waals surface area contributed by atoms with Crippen molar-refractivity contribution in [1.82, 2.24) is 10.2 Å². The van der Waals surface area contributed by atoms with Gasteiger partial charge in [-0.25, -0.2) is 0 Å². The van der Waals surface area contributed by atoms with Gasteiger partial charge in [-0.2, -0.15) is 0 Å². The van der Waals surface area contributed by atoms with Crippen LogP contribution in [0.1, 0.15) is 21.6 Å². The number of para-hydroxylation sites is 1. The van der Waals surface area contributed by atoms with Crippen molar-refractivity contribution >= 4 is 23.1 Å². The molecule has 2 heterocycles. The van der Waals surface area contributed by atoms with Gasteiger partial charge < -0.3 is 10.2 Å². The lowest BCUT2D eigenvalue weighted by molar-refractivity contribution is 0.0983. The van der Waals surface area contributed by atoms with Crippen molar-refractivity contribution in [3.63, 3.8) is 0 Å². The predicted octanol–water partition coefficient (Wildman–Crippen LogP) is 3.73. The highest BCUT2D eigenvalue weighted by Crippen LogP contribution is 2.28. The van der Waals surface area contributed by atoms with Crippen LogP contribution in [-0.4, -0.2) is 22.6 Å². The fourth-order valence-corrected chi connectivity index (χ4v) is 2.99. The van der Waals surface area contributed by atoms with Crippen LogP contribution in [-0.2, 0) is 6.42 Å². The number of carbonyl (C=O) groups excluding carboxylic acids is 1. The number of anilines is 3. The van der Waals surface area contributed by atoms with Gasteiger partial charge in [0, 0.05) is 17.9 Å². The number of amides is 1. The van der Waals surface area contributed by atoms with Crippen LogP contribution in [0.25, 0.3) is 0 Å². The standard InChI is InChI=1S/C20H18N4O/c1-14-6-8-16(9-7-14)21-19-11-10-17(22-23-19)20(25)24-13-12-15-4-2-3-5-18(15)24/h2-11H,12-13H2,1H3,(H,21,23). The van der Waals surface area contributed by atoms with Gasteiger partial charge in [0.1, 0.15) is 0 Å². The maximum atomic E-state index is 12.7. The van der Waals surface area contributed by atoms with Crippen LogP contribution in [0, 0.1) is 6.92 Å². The lowest BCUT2D eigenvalue weighted by Gasteiger charge is -2.16. The third kappa shape index (κ3) is 3.08. The number of aryl methyl sites for hydroxylation is 1. The van der Waals surface area contributed by atoms with Gasteiger partial charge in [-0.3, -0.25) is 4.79 Å². The Hall–Kier alpha value is -3.21. The van der Waals surface area contributed by atoms with E-state index in [4.69, 9.17) is 0 Å². The number of aromatic nitrogens is 2. The van der Waals surface area contributed by atoms with Gasteiger partial charge in [-0.05, 0) is 49.2 Å². The average Bonchev–Trinajstić information content (AvgIpc) is 3.08. The molecule has 124 valence electrons. The van der Waals surface area contributed by atoms with E-state index in [1.165, 1.54) is 11.1 Å². The van der Waals surface area contributed by atoms with Crippen LogP contribution in [0.5, 0.6) is 0 Å². The molecule has 1 N–H and O–H groups in total. The summed E-state index contributed by atoms with van der Waals surface area (Å²) in [7, 11) is 0. The molecule has 1 aliphatic rings. The van der Waals surface area contributed by atoms with E-state index in [1.54, 1.807) is 17.0 Å². The molecule has 2 aromatic carbocycles. The first-order valence-electron chi connectivity index (χ1n) is 8.28. The summed E-state index contributed by atoms with van der Waals surface area (Å²) in [6.45, 7) is 2.73. The Kier molecular flexibility index (Phi) is 3.90. The maximum absolute atomic E-state index is 12.7. The predicted molar refractivity (Wildman–Crippen MR) is 98.3 cm³/mol. The molecule has 0 radical (unpaired) electrons. The van der Waals surface area contributed by atoms with Crippen LogP contribution >= 0.6 is 0 Å². The lowest BCUT2D eigenvalue weighted by Crippen LogP contribution is -2.29. The number of hydrogen-bond acceptors (Lipinski definition) is 4. The fourth-order valence-electron chi connectivity index (χ4n) is 2.99. The zero-order valence-corrected chi connectivity index (χ0v) is 13.9. The first-order valence-corrected chi connectivity index (χ1v) is 8.28. The minimum atomic E-state index is -0.112. The summed E-state index contributed by atoms with van der Waals surface area (Å²) in [6.07, 6.45) is 0.877. The van der Waals surface area contributed by atoms with Gasteiger partial charge in [0.05, 0.1) is 0 Å². The van der Waals surface area contributed by atoms with E-state index in [-0.39, 0.29) is 5.91 Å². The number of fused-ring (bicyclic) bond motifs is 1. The van der Waals surface area contributed by atoms with Crippen LogP contribution in [0.4, 0.5) is 17.2 Å². The fraction of sp³-hybridized carbons (Fsp3) is 0.150. The normalized spacial score (nSPS) is 12.8. The highest BCUT2D eigenvalue weighted by molar-refractivity contribution is 6.06. The molecule has 5 heteroatoms. The Balaban J connectivity index is 1.50. The van der Waals surface area contributed by atoms with Crippen molar-refractivity contribution in [2.24, 2.45) is 0 Å². The molecule has 25 heavy (non-hydrogen) atoms. The molecule has 0 unspecified atom stereocenters. The molecule has 0 spiro atoms. The van der Waals surface area contributed by atoms with Crippen LogP contribution in [0.2, 0.25) is 0 Å². The first kappa shape index (κ1) is 15.3. The number of nitrogens with one attached hydrogen (secondary N) is 1. The molecule has 0 bridgehead atoms. The van der Waals surface area contributed by atoms with E-state index in [0.29, 0.717) is 18.1 Å². The summed E-state index contributed by atoms with van der Waals surface area (Å²) >= 11 is 0. The Morgan fingerprint density at radius 1 is 1.00 bits per heavy atom. The molecule has 3 aromatic rings. The van der Waals surface area contributed by atoms with Crippen molar-refractivity contribution in [2.45, 2.75) is 13.3 Å². The van der Waals surface area contributed by atoms with E-state index in [0.717, 1.165) is 17.8 Å². The highest BCUT2D eigenvalue weighted by Gasteiger charge is 2.26. The molecule has 0 saturated carbocycles. The second-order valence-electron chi connectivity index (χ2n) is 6.13. The smallest absolute Gasteiger partial charge is 0.278 e. The third-order valence-corrected chi connectivity index (χ3v) is 4.34. The summed E-state index contributed by atoms with van der Waals surface area (Å²) in [6, 6.07) is 19.5. The number of nitrogens with zero attached hydrogens (tertiary/aromatic N) is 3. The lowest BCUT2D eigenvalue weighted by atomic mass is 10.2. The van der Waals surface area contributed by atoms with Gasteiger partial charge in [0.25, 0.3) is 5.91 Å². The zero-order chi connectivity index (χ0) is 17.2. The van der Waals surface area contributed by atoms with Crippen molar-refractivity contribution < 1.29 is 4.79 Å². The summed E-state index contributed by atoms with van der Waals surface area (Å²) in [4.78, 5) is 14.5. The zero-order valence-electron chi connectivity index (χ0n) is 13.9. The van der Waals surface area contributed by atoms with Gasteiger partial charge in [0.2, 0.25) is 0 Å². The number of hydrogen-bond donors (Lipinski definition) is 1. The van der Waals surface area contributed by atoms with E-state index >= 15 is 0 Å². The van der Waals surface area contributed by atoms with E-state index in [2.05, 4.69) is 21.6 Å². The summed E-state index contributed by atoms with van der Waals surface area (Å²) in [5, 5.41) is 11.4. The monoisotopic (exact) mass is 330 g/mol. The Morgan fingerprint density at radius 3 is 2.56 bits per heavy atom. The minimum Gasteiger partial charge on any atom is -0.339 e. The van der Waals surface area contributed by atoms with E-state index < -0.39 is 0 Å². The second-order valence-corrected chi connectivity index (χ2v) is 6.13. The van der Waals surface area contributed by atoms with Crippen LogP contribution in [0.3, 0.4) is 0 Å². The third-order valence-electron chi connectivity index (χ3n) is 4.34. The molecule has 5 nitrogen and oxygen atoms in total. The van der Waals surface area contributed by atoms with Crippen LogP contribution in [0.15, 0.2) is 60.7 Å². The molecule has 0 atom stereocenters. The van der Waals surface area contributed by atoms with E-state index in [1.807, 2.05) is 49.4 Å².